The van der Waals surface area contributed by atoms with Gasteiger partial charge in [-0.05, 0) is 36.1 Å². The summed E-state index contributed by atoms with van der Waals surface area (Å²) in [7, 11) is 0. The Kier molecular flexibility index (Phi) is 4.08. The van der Waals surface area contributed by atoms with Crippen molar-refractivity contribution < 1.29 is 0 Å². The molecular formula is C17H19BrN2. The minimum Gasteiger partial charge on any atom is -0.399 e. The number of hydrogen-bond donors (Lipinski definition) is 1. The van der Waals surface area contributed by atoms with Gasteiger partial charge in [-0.3, -0.25) is 4.90 Å². The van der Waals surface area contributed by atoms with Crippen LogP contribution in [0.15, 0.2) is 53.0 Å². The van der Waals surface area contributed by atoms with Crippen molar-refractivity contribution in [2.75, 3.05) is 5.73 Å². The third-order valence-corrected chi connectivity index (χ3v) is 4.48. The number of halogens is 1. The predicted molar refractivity (Wildman–Crippen MR) is 87.3 cm³/mol. The van der Waals surface area contributed by atoms with E-state index in [2.05, 4.69) is 57.2 Å². The van der Waals surface area contributed by atoms with E-state index in [1.165, 1.54) is 24.0 Å². The molecule has 2 N–H and O–H groups in total. The van der Waals surface area contributed by atoms with Crippen LogP contribution in [0, 0.1) is 0 Å². The molecule has 1 aliphatic rings. The van der Waals surface area contributed by atoms with E-state index in [0.29, 0.717) is 0 Å². The summed E-state index contributed by atoms with van der Waals surface area (Å²) in [6, 6.07) is 17.5. The fourth-order valence-corrected chi connectivity index (χ4v) is 3.00. The molecule has 0 amide bonds. The van der Waals surface area contributed by atoms with Crippen molar-refractivity contribution in [1.29, 1.82) is 0 Å². The number of nitrogen functional groups attached to an aromatic ring is 1. The van der Waals surface area contributed by atoms with Gasteiger partial charge in [-0.15, -0.1) is 0 Å². The lowest BCUT2D eigenvalue weighted by Gasteiger charge is -2.23. The van der Waals surface area contributed by atoms with E-state index >= 15 is 0 Å². The SMILES string of the molecule is Nc1ccc(CN(Cc2ccccc2)C2CC2)c(Br)c1. The van der Waals surface area contributed by atoms with Crippen LogP contribution in [-0.4, -0.2) is 10.9 Å². The molecule has 1 aliphatic carbocycles. The highest BCUT2D eigenvalue weighted by molar-refractivity contribution is 9.10. The zero-order valence-electron chi connectivity index (χ0n) is 11.4. The summed E-state index contributed by atoms with van der Waals surface area (Å²) in [4.78, 5) is 2.56. The van der Waals surface area contributed by atoms with Gasteiger partial charge in [0.15, 0.2) is 0 Å². The zero-order chi connectivity index (χ0) is 13.9. The number of rotatable bonds is 5. The zero-order valence-corrected chi connectivity index (χ0v) is 13.0. The third-order valence-electron chi connectivity index (χ3n) is 3.74. The summed E-state index contributed by atoms with van der Waals surface area (Å²) >= 11 is 3.62. The lowest BCUT2D eigenvalue weighted by atomic mass is 10.1. The van der Waals surface area contributed by atoms with Crippen LogP contribution >= 0.6 is 15.9 Å². The molecule has 1 saturated carbocycles. The molecule has 20 heavy (non-hydrogen) atoms. The molecule has 0 bridgehead atoms. The third kappa shape index (κ3) is 3.41. The standard InChI is InChI=1S/C17H19BrN2/c18-17-10-15(19)7-6-14(17)12-20(16-8-9-16)11-13-4-2-1-3-5-13/h1-7,10,16H,8-9,11-12,19H2. The number of nitrogens with two attached hydrogens (primary N) is 1. The predicted octanol–water partition coefficient (Wildman–Crippen LogP) is 4.20. The summed E-state index contributed by atoms with van der Waals surface area (Å²) in [5.74, 6) is 0. The van der Waals surface area contributed by atoms with E-state index in [1.807, 2.05) is 12.1 Å². The maximum Gasteiger partial charge on any atom is 0.0325 e. The fourth-order valence-electron chi connectivity index (χ4n) is 2.48. The van der Waals surface area contributed by atoms with E-state index in [9.17, 15) is 0 Å². The maximum atomic E-state index is 5.81. The Balaban J connectivity index is 1.74. The van der Waals surface area contributed by atoms with Gasteiger partial charge in [-0.2, -0.15) is 0 Å². The second-order valence-electron chi connectivity index (χ2n) is 5.47. The number of hydrogen-bond acceptors (Lipinski definition) is 2. The average molecular weight is 331 g/mol. The Labute approximate surface area is 128 Å². The fraction of sp³-hybridized carbons (Fsp3) is 0.294. The van der Waals surface area contributed by atoms with E-state index in [0.717, 1.165) is 29.3 Å². The lowest BCUT2D eigenvalue weighted by Crippen LogP contribution is -2.25. The number of benzene rings is 2. The van der Waals surface area contributed by atoms with Crippen LogP contribution in [0.1, 0.15) is 24.0 Å². The molecular weight excluding hydrogens is 312 g/mol. The highest BCUT2D eigenvalue weighted by atomic mass is 79.9. The second kappa shape index (κ2) is 5.98. The topological polar surface area (TPSA) is 29.3 Å². The first kappa shape index (κ1) is 13.7. The average Bonchev–Trinajstić information content (AvgIpc) is 3.26. The van der Waals surface area contributed by atoms with Crippen LogP contribution in [0.5, 0.6) is 0 Å². The molecule has 0 atom stereocenters. The number of anilines is 1. The molecule has 104 valence electrons. The Hall–Kier alpha value is -1.32. The van der Waals surface area contributed by atoms with Gasteiger partial charge in [0, 0.05) is 29.3 Å². The minimum atomic E-state index is 0.736. The van der Waals surface area contributed by atoms with Gasteiger partial charge in [-0.1, -0.05) is 52.3 Å². The maximum absolute atomic E-state index is 5.81. The normalized spacial score (nSPS) is 14.7. The van der Waals surface area contributed by atoms with Gasteiger partial charge in [0.25, 0.3) is 0 Å². The second-order valence-corrected chi connectivity index (χ2v) is 6.33. The molecule has 0 spiro atoms. The minimum absolute atomic E-state index is 0.736. The smallest absolute Gasteiger partial charge is 0.0325 e. The van der Waals surface area contributed by atoms with E-state index in [4.69, 9.17) is 5.73 Å². The van der Waals surface area contributed by atoms with Gasteiger partial charge >= 0.3 is 0 Å². The molecule has 0 unspecified atom stereocenters. The Morgan fingerprint density at radius 1 is 1.05 bits per heavy atom. The van der Waals surface area contributed by atoms with Crippen LogP contribution < -0.4 is 5.73 Å². The van der Waals surface area contributed by atoms with Crippen molar-refractivity contribution in [3.8, 4) is 0 Å². The summed E-state index contributed by atoms with van der Waals surface area (Å²) in [5, 5.41) is 0. The quantitative estimate of drug-likeness (QED) is 0.832. The van der Waals surface area contributed by atoms with Crippen molar-refractivity contribution in [3.05, 3.63) is 64.1 Å². The van der Waals surface area contributed by atoms with Crippen molar-refractivity contribution in [2.24, 2.45) is 0 Å². The number of nitrogens with zero attached hydrogens (tertiary/aromatic N) is 1. The van der Waals surface area contributed by atoms with E-state index in [1.54, 1.807) is 0 Å². The molecule has 1 fully saturated rings. The summed E-state index contributed by atoms with van der Waals surface area (Å²) in [6.07, 6.45) is 2.64. The van der Waals surface area contributed by atoms with E-state index in [-0.39, 0.29) is 0 Å². The largest absolute Gasteiger partial charge is 0.399 e. The van der Waals surface area contributed by atoms with Crippen molar-refractivity contribution in [3.63, 3.8) is 0 Å². The van der Waals surface area contributed by atoms with Crippen molar-refractivity contribution in [1.82, 2.24) is 4.90 Å². The monoisotopic (exact) mass is 330 g/mol. The molecule has 0 radical (unpaired) electrons. The Morgan fingerprint density at radius 3 is 2.45 bits per heavy atom. The van der Waals surface area contributed by atoms with Crippen molar-refractivity contribution >= 4 is 21.6 Å². The van der Waals surface area contributed by atoms with Crippen LogP contribution in [0.4, 0.5) is 5.69 Å². The molecule has 0 aliphatic heterocycles. The summed E-state index contributed by atoms with van der Waals surface area (Å²) in [5.41, 5.74) is 9.31. The molecule has 2 nitrogen and oxygen atoms in total. The van der Waals surface area contributed by atoms with Gasteiger partial charge in [0.2, 0.25) is 0 Å². The first-order valence-electron chi connectivity index (χ1n) is 7.04. The van der Waals surface area contributed by atoms with E-state index < -0.39 is 0 Å². The molecule has 3 heteroatoms. The molecule has 0 saturated heterocycles. The summed E-state index contributed by atoms with van der Waals surface area (Å²) in [6.45, 7) is 1.99. The Morgan fingerprint density at radius 2 is 1.80 bits per heavy atom. The van der Waals surface area contributed by atoms with Crippen LogP contribution in [0.2, 0.25) is 0 Å². The highest BCUT2D eigenvalue weighted by Gasteiger charge is 2.29. The van der Waals surface area contributed by atoms with Gasteiger partial charge in [-0.25, -0.2) is 0 Å². The van der Waals surface area contributed by atoms with Crippen LogP contribution in [-0.2, 0) is 13.1 Å². The summed E-state index contributed by atoms with van der Waals surface area (Å²) < 4.78 is 1.11. The molecule has 3 rings (SSSR count). The Bertz CT molecular complexity index is 579. The van der Waals surface area contributed by atoms with Gasteiger partial charge in [0.05, 0.1) is 0 Å². The molecule has 2 aromatic carbocycles. The first-order chi connectivity index (χ1) is 9.72. The molecule has 0 heterocycles. The lowest BCUT2D eigenvalue weighted by molar-refractivity contribution is 0.245. The molecule has 2 aromatic rings. The van der Waals surface area contributed by atoms with Gasteiger partial charge in [0.1, 0.15) is 0 Å². The molecule has 0 aromatic heterocycles. The highest BCUT2D eigenvalue weighted by Crippen LogP contribution is 2.31. The first-order valence-corrected chi connectivity index (χ1v) is 7.83. The van der Waals surface area contributed by atoms with Crippen molar-refractivity contribution in [2.45, 2.75) is 32.0 Å². The van der Waals surface area contributed by atoms with Gasteiger partial charge < -0.3 is 5.73 Å². The van der Waals surface area contributed by atoms with Crippen LogP contribution in [0.3, 0.4) is 0 Å². The van der Waals surface area contributed by atoms with Crippen LogP contribution in [0.25, 0.3) is 0 Å².